The van der Waals surface area contributed by atoms with Crippen LogP contribution in [-0.4, -0.2) is 19.1 Å². The minimum atomic E-state index is 0.796. The number of aryl methyl sites for hydroxylation is 1. The van der Waals surface area contributed by atoms with Crippen LogP contribution in [0, 0.1) is 0 Å². The van der Waals surface area contributed by atoms with Crippen molar-refractivity contribution in [3.63, 3.8) is 0 Å². The monoisotopic (exact) mass is 680 g/mol. The van der Waals surface area contributed by atoms with Crippen LogP contribution in [0.15, 0.2) is 168 Å². The summed E-state index contributed by atoms with van der Waals surface area (Å²) in [6.07, 6.45) is 0.843. The molecule has 5 nitrogen and oxygen atoms in total. The highest BCUT2D eigenvalue weighted by molar-refractivity contribution is 6.21. The minimum Gasteiger partial charge on any atom is -0.454 e. The SMILES string of the molecule is CCc1nc2ccccc2n1-c1ccc(-c2cc(-c3nc4ccccc4c4c3oc3ccccc34)cc(-n3c4ccccc4c4ccccc43)c2)cc1. The molecule has 250 valence electrons. The van der Waals surface area contributed by atoms with Gasteiger partial charge in [0.05, 0.1) is 27.6 Å². The average Bonchev–Trinajstić information content (AvgIpc) is 3.90. The van der Waals surface area contributed by atoms with E-state index < -0.39 is 0 Å². The van der Waals surface area contributed by atoms with Gasteiger partial charge in [0, 0.05) is 50.3 Å². The van der Waals surface area contributed by atoms with Crippen LogP contribution in [0.25, 0.3) is 99.4 Å². The third kappa shape index (κ3) is 4.50. The van der Waals surface area contributed by atoms with E-state index in [-0.39, 0.29) is 0 Å². The Kier molecular flexibility index (Phi) is 6.46. The Balaban J connectivity index is 1.18. The van der Waals surface area contributed by atoms with Crippen LogP contribution < -0.4 is 0 Å². The number of aromatic nitrogens is 4. The Morgan fingerprint density at radius 2 is 1.08 bits per heavy atom. The lowest BCUT2D eigenvalue weighted by molar-refractivity contribution is 0.669. The van der Waals surface area contributed by atoms with Crippen LogP contribution in [0.5, 0.6) is 0 Å². The molecule has 5 heteroatoms. The molecule has 0 radical (unpaired) electrons. The van der Waals surface area contributed by atoms with Gasteiger partial charge in [0.25, 0.3) is 0 Å². The highest BCUT2D eigenvalue weighted by Gasteiger charge is 2.20. The van der Waals surface area contributed by atoms with Gasteiger partial charge in [-0.15, -0.1) is 0 Å². The van der Waals surface area contributed by atoms with E-state index in [9.17, 15) is 0 Å². The maximum absolute atomic E-state index is 6.70. The predicted molar refractivity (Wildman–Crippen MR) is 218 cm³/mol. The number of benzene rings is 7. The van der Waals surface area contributed by atoms with Crippen molar-refractivity contribution in [2.75, 3.05) is 0 Å². The molecular formula is C48H32N4O. The maximum Gasteiger partial charge on any atom is 0.162 e. The van der Waals surface area contributed by atoms with Gasteiger partial charge in [0.1, 0.15) is 17.1 Å². The molecule has 0 N–H and O–H groups in total. The maximum atomic E-state index is 6.70. The van der Waals surface area contributed by atoms with E-state index in [2.05, 4.69) is 162 Å². The Bertz CT molecular complexity index is 3160. The molecular weight excluding hydrogens is 649 g/mol. The molecule has 0 spiro atoms. The summed E-state index contributed by atoms with van der Waals surface area (Å²) >= 11 is 0. The molecule has 4 aromatic heterocycles. The third-order valence-electron chi connectivity index (χ3n) is 10.7. The van der Waals surface area contributed by atoms with E-state index in [1.807, 2.05) is 18.2 Å². The molecule has 53 heavy (non-hydrogen) atoms. The molecule has 11 rings (SSSR count). The van der Waals surface area contributed by atoms with Crippen molar-refractivity contribution >= 4 is 65.7 Å². The molecule has 0 atom stereocenters. The zero-order valence-electron chi connectivity index (χ0n) is 29.0. The Morgan fingerprint density at radius 3 is 1.81 bits per heavy atom. The first-order valence-electron chi connectivity index (χ1n) is 18.1. The lowest BCUT2D eigenvalue weighted by Crippen LogP contribution is -2.00. The number of nitrogens with zero attached hydrogens (tertiary/aromatic N) is 4. The fraction of sp³-hybridized carbons (Fsp3) is 0.0417. The number of para-hydroxylation sites is 6. The van der Waals surface area contributed by atoms with Crippen LogP contribution in [0.3, 0.4) is 0 Å². The first kappa shape index (κ1) is 29.7. The lowest BCUT2D eigenvalue weighted by atomic mass is 9.98. The van der Waals surface area contributed by atoms with Crippen molar-refractivity contribution in [3.05, 3.63) is 170 Å². The van der Waals surface area contributed by atoms with Crippen molar-refractivity contribution in [2.45, 2.75) is 13.3 Å². The zero-order valence-corrected chi connectivity index (χ0v) is 29.0. The predicted octanol–water partition coefficient (Wildman–Crippen LogP) is 12.5. The number of rotatable bonds is 5. The second-order valence-electron chi connectivity index (χ2n) is 13.7. The second kappa shape index (κ2) is 11.5. The van der Waals surface area contributed by atoms with Crippen molar-refractivity contribution in [1.82, 2.24) is 19.1 Å². The smallest absolute Gasteiger partial charge is 0.162 e. The van der Waals surface area contributed by atoms with Crippen LogP contribution in [-0.2, 0) is 6.42 Å². The van der Waals surface area contributed by atoms with Crippen molar-refractivity contribution < 1.29 is 4.42 Å². The van der Waals surface area contributed by atoms with Gasteiger partial charge in [-0.1, -0.05) is 104 Å². The molecule has 11 aromatic rings. The van der Waals surface area contributed by atoms with Crippen LogP contribution in [0.4, 0.5) is 0 Å². The van der Waals surface area contributed by atoms with Crippen molar-refractivity contribution in [3.8, 4) is 33.8 Å². The van der Waals surface area contributed by atoms with Gasteiger partial charge in [-0.3, -0.25) is 4.57 Å². The summed E-state index contributed by atoms with van der Waals surface area (Å²) in [6.45, 7) is 2.16. The Morgan fingerprint density at radius 1 is 0.472 bits per heavy atom. The highest BCUT2D eigenvalue weighted by atomic mass is 16.3. The molecule has 0 aliphatic carbocycles. The van der Waals surface area contributed by atoms with Crippen LogP contribution in [0.2, 0.25) is 0 Å². The Labute approximate surface area is 305 Å². The average molecular weight is 681 g/mol. The topological polar surface area (TPSA) is 48.8 Å². The third-order valence-corrected chi connectivity index (χ3v) is 10.7. The summed E-state index contributed by atoms with van der Waals surface area (Å²) in [4.78, 5) is 10.3. The second-order valence-corrected chi connectivity index (χ2v) is 13.7. The number of furan rings is 1. The summed E-state index contributed by atoms with van der Waals surface area (Å²) in [5, 5.41) is 5.72. The van der Waals surface area contributed by atoms with Gasteiger partial charge >= 0.3 is 0 Å². The first-order chi connectivity index (χ1) is 26.2. The summed E-state index contributed by atoms with van der Waals surface area (Å²) in [5.41, 5.74) is 13.2. The fourth-order valence-electron chi connectivity index (χ4n) is 8.28. The molecule has 0 aliphatic heterocycles. The minimum absolute atomic E-state index is 0.796. The van der Waals surface area contributed by atoms with Crippen molar-refractivity contribution in [1.29, 1.82) is 0 Å². The van der Waals surface area contributed by atoms with Gasteiger partial charge in [-0.2, -0.15) is 0 Å². The molecule has 4 heterocycles. The van der Waals surface area contributed by atoms with E-state index in [0.717, 1.165) is 101 Å². The van der Waals surface area contributed by atoms with Gasteiger partial charge in [-0.05, 0) is 77.9 Å². The van der Waals surface area contributed by atoms with E-state index in [1.165, 1.54) is 10.8 Å². The molecule has 0 saturated carbocycles. The lowest BCUT2D eigenvalue weighted by Gasteiger charge is -2.15. The van der Waals surface area contributed by atoms with Gasteiger partial charge in [0.15, 0.2) is 5.58 Å². The highest BCUT2D eigenvalue weighted by Crippen LogP contribution is 2.42. The molecule has 7 aromatic carbocycles. The number of fused-ring (bicyclic) bond motifs is 9. The first-order valence-corrected chi connectivity index (χ1v) is 18.1. The van der Waals surface area contributed by atoms with E-state index in [0.29, 0.717) is 0 Å². The number of hydrogen-bond donors (Lipinski definition) is 0. The normalized spacial score (nSPS) is 11.9. The molecule has 0 aliphatic rings. The summed E-state index contributed by atoms with van der Waals surface area (Å²) < 4.78 is 11.4. The molecule has 0 fully saturated rings. The zero-order chi connectivity index (χ0) is 35.0. The standard InChI is InChI=1S/C48H32N4O/c1-2-45-49-40-18-8-11-21-43(40)52(45)33-25-23-30(24-26-33)31-27-32(29-34(28-31)51-41-19-9-4-13-35(41)36-14-5-10-20-42(36)51)47-48-46(37-15-3-7-17-39(37)50-47)38-16-6-12-22-44(38)53-48/h3-29H,2H2,1H3. The summed E-state index contributed by atoms with van der Waals surface area (Å²) in [6, 6.07) is 58.1. The summed E-state index contributed by atoms with van der Waals surface area (Å²) in [5.74, 6) is 1.05. The van der Waals surface area contributed by atoms with Crippen LogP contribution in [0.1, 0.15) is 12.7 Å². The van der Waals surface area contributed by atoms with Gasteiger partial charge < -0.3 is 8.98 Å². The van der Waals surface area contributed by atoms with Gasteiger partial charge in [0.2, 0.25) is 0 Å². The number of imidazole rings is 1. The quantitative estimate of drug-likeness (QED) is 0.182. The Hall–Kier alpha value is -6.98. The fourth-order valence-corrected chi connectivity index (χ4v) is 8.28. The number of pyridine rings is 1. The van der Waals surface area contributed by atoms with E-state index in [1.54, 1.807) is 0 Å². The van der Waals surface area contributed by atoms with Crippen LogP contribution >= 0.6 is 0 Å². The molecule has 0 saturated heterocycles. The number of hydrogen-bond acceptors (Lipinski definition) is 3. The van der Waals surface area contributed by atoms with E-state index >= 15 is 0 Å². The molecule has 0 unspecified atom stereocenters. The largest absolute Gasteiger partial charge is 0.454 e. The van der Waals surface area contributed by atoms with Crippen molar-refractivity contribution in [2.24, 2.45) is 0 Å². The van der Waals surface area contributed by atoms with Gasteiger partial charge in [-0.25, -0.2) is 9.97 Å². The molecule has 0 bridgehead atoms. The molecule has 0 amide bonds. The van der Waals surface area contributed by atoms with E-state index in [4.69, 9.17) is 14.4 Å². The summed E-state index contributed by atoms with van der Waals surface area (Å²) in [7, 11) is 0.